The summed E-state index contributed by atoms with van der Waals surface area (Å²) < 4.78 is 11.4. The molecule has 5 heteroatoms. The maximum absolute atomic E-state index is 9.28. The Balaban J connectivity index is 1.65. The van der Waals surface area contributed by atoms with Gasteiger partial charge in [0.1, 0.15) is 24.2 Å². The van der Waals surface area contributed by atoms with Crippen LogP contribution in [-0.4, -0.2) is 29.9 Å². The summed E-state index contributed by atoms with van der Waals surface area (Å²) in [6.45, 7) is 0.373. The van der Waals surface area contributed by atoms with E-state index in [1.54, 1.807) is 24.3 Å². The van der Waals surface area contributed by atoms with Crippen molar-refractivity contribution in [3.05, 3.63) is 54.1 Å². The largest absolute Gasteiger partial charge is 0.492 e. The third-order valence-electron chi connectivity index (χ3n) is 3.34. The van der Waals surface area contributed by atoms with Gasteiger partial charge < -0.3 is 19.5 Å². The predicted molar refractivity (Wildman–Crippen MR) is 76.3 cm³/mol. The lowest BCUT2D eigenvalue weighted by atomic mass is 9.79. The zero-order valence-electron chi connectivity index (χ0n) is 10.9. The Hall–Kier alpha value is -1.98. The molecule has 1 aliphatic heterocycles. The van der Waals surface area contributed by atoms with Crippen LogP contribution in [0.15, 0.2) is 48.5 Å². The third kappa shape index (κ3) is 2.64. The van der Waals surface area contributed by atoms with Crippen molar-refractivity contribution in [3.8, 4) is 11.5 Å². The van der Waals surface area contributed by atoms with Crippen LogP contribution < -0.4 is 14.9 Å². The minimum atomic E-state index is -1.53. The highest BCUT2D eigenvalue weighted by Gasteiger charge is 2.24. The van der Waals surface area contributed by atoms with E-state index in [4.69, 9.17) is 9.47 Å². The van der Waals surface area contributed by atoms with Crippen LogP contribution in [0, 0.1) is 0 Å². The van der Waals surface area contributed by atoms with Gasteiger partial charge in [-0.15, -0.1) is 0 Å². The molecule has 2 N–H and O–H groups in total. The first kappa shape index (κ1) is 13.0. The summed E-state index contributed by atoms with van der Waals surface area (Å²) >= 11 is 0. The van der Waals surface area contributed by atoms with E-state index in [2.05, 4.69) is 0 Å². The summed E-state index contributed by atoms with van der Waals surface area (Å²) in [5, 5.41) is 18.6. The van der Waals surface area contributed by atoms with Gasteiger partial charge in [-0.3, -0.25) is 0 Å². The van der Waals surface area contributed by atoms with Gasteiger partial charge in [-0.05, 0) is 17.7 Å². The fraction of sp³-hybridized carbons (Fsp3) is 0.200. The summed E-state index contributed by atoms with van der Waals surface area (Å²) in [6, 6.07) is 14.8. The van der Waals surface area contributed by atoms with Crippen molar-refractivity contribution >= 4 is 12.6 Å². The molecule has 0 aromatic heterocycles. The second-order valence-corrected chi connectivity index (χ2v) is 4.77. The van der Waals surface area contributed by atoms with Crippen molar-refractivity contribution in [2.75, 3.05) is 6.61 Å². The van der Waals surface area contributed by atoms with Crippen LogP contribution in [0.4, 0.5) is 0 Å². The Labute approximate surface area is 117 Å². The molecule has 2 aromatic rings. The molecule has 102 valence electrons. The van der Waals surface area contributed by atoms with Crippen molar-refractivity contribution in [1.29, 1.82) is 0 Å². The molecule has 0 spiro atoms. The van der Waals surface area contributed by atoms with Crippen LogP contribution in [0.1, 0.15) is 5.56 Å². The fourth-order valence-corrected chi connectivity index (χ4v) is 2.35. The first-order chi connectivity index (χ1) is 9.74. The van der Waals surface area contributed by atoms with Gasteiger partial charge >= 0.3 is 7.12 Å². The highest BCUT2D eigenvalue weighted by molar-refractivity contribution is 6.59. The number of para-hydroxylation sites is 2. The first-order valence-corrected chi connectivity index (χ1v) is 6.56. The highest BCUT2D eigenvalue weighted by Crippen LogP contribution is 2.28. The quantitative estimate of drug-likeness (QED) is 0.805. The van der Waals surface area contributed by atoms with E-state index in [1.807, 2.05) is 24.3 Å². The zero-order chi connectivity index (χ0) is 13.9. The lowest BCUT2D eigenvalue weighted by molar-refractivity contribution is 0.149. The molecule has 0 bridgehead atoms. The van der Waals surface area contributed by atoms with Crippen molar-refractivity contribution in [3.63, 3.8) is 0 Å². The topological polar surface area (TPSA) is 58.9 Å². The third-order valence-corrected chi connectivity index (χ3v) is 3.34. The van der Waals surface area contributed by atoms with Crippen molar-refractivity contribution in [1.82, 2.24) is 0 Å². The van der Waals surface area contributed by atoms with E-state index in [-0.39, 0.29) is 6.10 Å². The van der Waals surface area contributed by atoms with E-state index in [0.29, 0.717) is 17.8 Å². The molecule has 20 heavy (non-hydrogen) atoms. The van der Waals surface area contributed by atoms with Gasteiger partial charge in [0.15, 0.2) is 0 Å². The predicted octanol–water partition coefficient (Wildman–Crippen LogP) is 0.749. The molecule has 0 radical (unpaired) electrons. The molecule has 0 saturated heterocycles. The van der Waals surface area contributed by atoms with Crippen LogP contribution in [-0.2, 0) is 6.42 Å². The highest BCUT2D eigenvalue weighted by atomic mass is 16.5. The van der Waals surface area contributed by atoms with E-state index >= 15 is 0 Å². The minimum absolute atomic E-state index is 0.0451. The molecule has 1 atom stereocenters. The van der Waals surface area contributed by atoms with Gasteiger partial charge in [0, 0.05) is 11.9 Å². The van der Waals surface area contributed by atoms with E-state index in [1.165, 1.54) is 5.56 Å². The molecular formula is C15H15BO4. The second-order valence-electron chi connectivity index (χ2n) is 4.77. The summed E-state index contributed by atoms with van der Waals surface area (Å²) in [5.41, 5.74) is 1.54. The van der Waals surface area contributed by atoms with Crippen LogP contribution in [0.5, 0.6) is 11.5 Å². The number of benzene rings is 2. The zero-order valence-corrected chi connectivity index (χ0v) is 10.9. The Kier molecular flexibility index (Phi) is 3.63. The first-order valence-electron chi connectivity index (χ1n) is 6.56. The van der Waals surface area contributed by atoms with Crippen molar-refractivity contribution in [2.45, 2.75) is 12.5 Å². The Morgan fingerprint density at radius 3 is 2.65 bits per heavy atom. The molecule has 0 amide bonds. The van der Waals surface area contributed by atoms with Gasteiger partial charge in [-0.1, -0.05) is 36.4 Å². The standard InChI is InChI=1S/C15H15BO4/c17-16(18)13-6-2-4-8-15(13)19-10-12-9-11-5-1-3-7-14(11)20-12/h1-8,12,17-18H,9-10H2. The van der Waals surface area contributed by atoms with E-state index in [9.17, 15) is 10.0 Å². The average Bonchev–Trinajstić information content (AvgIpc) is 2.88. The summed E-state index contributed by atoms with van der Waals surface area (Å²) in [4.78, 5) is 0. The fourth-order valence-electron chi connectivity index (χ4n) is 2.35. The number of ether oxygens (including phenoxy) is 2. The van der Waals surface area contributed by atoms with Crippen LogP contribution in [0.2, 0.25) is 0 Å². The monoisotopic (exact) mass is 270 g/mol. The Bertz CT molecular complexity index is 575. The smallest absolute Gasteiger partial charge is 0.490 e. The molecule has 1 unspecified atom stereocenters. The maximum Gasteiger partial charge on any atom is 0.492 e. The van der Waals surface area contributed by atoms with Crippen LogP contribution >= 0.6 is 0 Å². The van der Waals surface area contributed by atoms with Crippen LogP contribution in [0.3, 0.4) is 0 Å². The average molecular weight is 270 g/mol. The van der Waals surface area contributed by atoms with Gasteiger partial charge in [0.2, 0.25) is 0 Å². The van der Waals surface area contributed by atoms with Crippen molar-refractivity contribution in [2.24, 2.45) is 0 Å². The van der Waals surface area contributed by atoms with Gasteiger partial charge in [0.25, 0.3) is 0 Å². The van der Waals surface area contributed by atoms with Crippen molar-refractivity contribution < 1.29 is 19.5 Å². The number of hydrogen-bond donors (Lipinski definition) is 2. The molecule has 1 heterocycles. The Morgan fingerprint density at radius 2 is 1.85 bits per heavy atom. The van der Waals surface area contributed by atoms with Crippen LogP contribution in [0.25, 0.3) is 0 Å². The lowest BCUT2D eigenvalue weighted by Crippen LogP contribution is -2.33. The van der Waals surface area contributed by atoms with E-state index < -0.39 is 7.12 Å². The number of fused-ring (bicyclic) bond motifs is 1. The minimum Gasteiger partial charge on any atom is -0.490 e. The van der Waals surface area contributed by atoms with Gasteiger partial charge in [-0.2, -0.15) is 0 Å². The SMILES string of the molecule is OB(O)c1ccccc1OCC1Cc2ccccc2O1. The molecular weight excluding hydrogens is 255 g/mol. The maximum atomic E-state index is 9.28. The normalized spacial score (nSPS) is 16.4. The van der Waals surface area contributed by atoms with Gasteiger partial charge in [-0.25, -0.2) is 0 Å². The van der Waals surface area contributed by atoms with E-state index in [0.717, 1.165) is 12.2 Å². The molecule has 1 aliphatic rings. The summed E-state index contributed by atoms with van der Waals surface area (Å²) in [6.07, 6.45) is 0.760. The lowest BCUT2D eigenvalue weighted by Gasteiger charge is -2.14. The summed E-state index contributed by atoms with van der Waals surface area (Å²) in [5.74, 6) is 1.37. The molecule has 3 rings (SSSR count). The summed E-state index contributed by atoms with van der Waals surface area (Å²) in [7, 11) is -1.53. The number of rotatable bonds is 4. The number of hydrogen-bond acceptors (Lipinski definition) is 4. The Morgan fingerprint density at radius 1 is 1.10 bits per heavy atom. The molecule has 0 fully saturated rings. The molecule has 0 aliphatic carbocycles. The molecule has 4 nitrogen and oxygen atoms in total. The second kappa shape index (κ2) is 5.57. The van der Waals surface area contributed by atoms with Gasteiger partial charge in [0.05, 0.1) is 0 Å². The molecule has 0 saturated carbocycles. The molecule has 2 aromatic carbocycles.